The summed E-state index contributed by atoms with van der Waals surface area (Å²) in [5.74, 6) is -0.268. The summed E-state index contributed by atoms with van der Waals surface area (Å²) in [6.07, 6.45) is 0. The Labute approximate surface area is 95.9 Å². The van der Waals surface area contributed by atoms with Crippen LogP contribution in [0, 0.1) is 0 Å². The van der Waals surface area contributed by atoms with Crippen molar-refractivity contribution in [2.24, 2.45) is 10.9 Å². The van der Waals surface area contributed by atoms with Gasteiger partial charge >= 0.3 is 0 Å². The van der Waals surface area contributed by atoms with Gasteiger partial charge in [-0.05, 0) is 13.8 Å². The Morgan fingerprint density at radius 3 is 2.50 bits per heavy atom. The minimum absolute atomic E-state index is 0.113. The summed E-state index contributed by atoms with van der Waals surface area (Å²) in [5, 5.41) is 11.2. The summed E-state index contributed by atoms with van der Waals surface area (Å²) in [5.41, 5.74) is 5.30. The van der Waals surface area contributed by atoms with Crippen LogP contribution < -0.4 is 5.73 Å². The smallest absolute Gasteiger partial charge is 0.217 e. The highest BCUT2D eigenvalue weighted by molar-refractivity contribution is 7.89. The number of oxime groups is 1. The quantitative estimate of drug-likeness (QED) is 0.273. The first-order chi connectivity index (χ1) is 7.35. The zero-order valence-corrected chi connectivity index (χ0v) is 10.6. The molecule has 0 unspecified atom stereocenters. The predicted molar refractivity (Wildman–Crippen MR) is 60.9 cm³/mol. The lowest BCUT2D eigenvalue weighted by Gasteiger charge is -2.24. The first kappa shape index (κ1) is 15.1. The molecule has 96 valence electrons. The Kier molecular flexibility index (Phi) is 6.31. The van der Waals surface area contributed by atoms with Gasteiger partial charge in [0, 0.05) is 13.2 Å². The van der Waals surface area contributed by atoms with E-state index >= 15 is 0 Å². The minimum atomic E-state index is -3.45. The Hall–Kier alpha value is -0.860. The summed E-state index contributed by atoms with van der Waals surface area (Å²) >= 11 is 0. The molecule has 0 radical (unpaired) electrons. The molecular weight excluding hydrogens is 234 g/mol. The van der Waals surface area contributed by atoms with E-state index in [1.807, 2.05) is 0 Å². The predicted octanol–water partition coefficient (Wildman–Crippen LogP) is -0.581. The summed E-state index contributed by atoms with van der Waals surface area (Å²) in [7, 11) is -2.02. The van der Waals surface area contributed by atoms with Crippen molar-refractivity contribution >= 4 is 15.9 Å². The zero-order chi connectivity index (χ0) is 12.8. The van der Waals surface area contributed by atoms with Gasteiger partial charge in [0.05, 0.1) is 18.9 Å². The Bertz CT molecular complexity index is 326. The molecular formula is C8H19N3O4S. The molecule has 8 heteroatoms. The van der Waals surface area contributed by atoms with Crippen LogP contribution in [-0.4, -0.2) is 55.8 Å². The second kappa shape index (κ2) is 6.66. The molecule has 0 saturated heterocycles. The number of sulfonamides is 1. The molecule has 0 atom stereocenters. The first-order valence-corrected chi connectivity index (χ1v) is 6.41. The van der Waals surface area contributed by atoms with Crippen LogP contribution in [0.1, 0.15) is 13.8 Å². The third-order valence-electron chi connectivity index (χ3n) is 1.92. The molecule has 0 aromatic rings. The van der Waals surface area contributed by atoms with Crippen LogP contribution in [0.2, 0.25) is 0 Å². The van der Waals surface area contributed by atoms with Gasteiger partial charge in [-0.15, -0.1) is 0 Å². The molecule has 0 heterocycles. The van der Waals surface area contributed by atoms with E-state index in [1.54, 1.807) is 13.8 Å². The van der Waals surface area contributed by atoms with E-state index in [2.05, 4.69) is 5.16 Å². The molecule has 0 aromatic carbocycles. The van der Waals surface area contributed by atoms with Crippen molar-refractivity contribution in [1.82, 2.24) is 4.31 Å². The third kappa shape index (κ3) is 4.77. The highest BCUT2D eigenvalue weighted by Gasteiger charge is 2.25. The fourth-order valence-corrected chi connectivity index (χ4v) is 2.68. The Balaban J connectivity index is 4.77. The molecule has 0 fully saturated rings. The van der Waals surface area contributed by atoms with Gasteiger partial charge < -0.3 is 15.7 Å². The number of amidine groups is 1. The van der Waals surface area contributed by atoms with Crippen LogP contribution in [0.15, 0.2) is 5.16 Å². The van der Waals surface area contributed by atoms with Crippen molar-refractivity contribution in [3.63, 3.8) is 0 Å². The van der Waals surface area contributed by atoms with Crippen molar-refractivity contribution in [1.29, 1.82) is 0 Å². The van der Waals surface area contributed by atoms with Gasteiger partial charge in [0.25, 0.3) is 0 Å². The lowest BCUT2D eigenvalue weighted by atomic mass is 10.4. The standard InChI is InChI=1S/C8H19N3O4S/c1-7(2)11(6-8(9)10-12)16(13,14)5-4-15-3/h7,12H,4-6H2,1-3H3,(H2,9,10). The van der Waals surface area contributed by atoms with Crippen LogP contribution in [0.5, 0.6) is 0 Å². The molecule has 0 aliphatic rings. The van der Waals surface area contributed by atoms with Gasteiger partial charge in [0.1, 0.15) is 0 Å². The average Bonchev–Trinajstić information content (AvgIpc) is 2.21. The van der Waals surface area contributed by atoms with E-state index in [4.69, 9.17) is 15.7 Å². The van der Waals surface area contributed by atoms with Crippen LogP contribution >= 0.6 is 0 Å². The van der Waals surface area contributed by atoms with E-state index in [9.17, 15) is 8.42 Å². The van der Waals surface area contributed by atoms with Crippen LogP contribution in [0.4, 0.5) is 0 Å². The van der Waals surface area contributed by atoms with Gasteiger partial charge in [-0.2, -0.15) is 4.31 Å². The third-order valence-corrected chi connectivity index (χ3v) is 3.87. The maximum absolute atomic E-state index is 11.8. The van der Waals surface area contributed by atoms with Crippen LogP contribution in [0.3, 0.4) is 0 Å². The second-order valence-corrected chi connectivity index (χ2v) is 5.58. The average molecular weight is 253 g/mol. The maximum atomic E-state index is 11.8. The zero-order valence-electron chi connectivity index (χ0n) is 9.75. The fraction of sp³-hybridized carbons (Fsp3) is 0.875. The highest BCUT2D eigenvalue weighted by atomic mass is 32.2. The van der Waals surface area contributed by atoms with E-state index < -0.39 is 10.0 Å². The molecule has 0 bridgehead atoms. The molecule has 3 N–H and O–H groups in total. The van der Waals surface area contributed by atoms with E-state index in [1.165, 1.54) is 11.4 Å². The van der Waals surface area contributed by atoms with Gasteiger partial charge in [-0.1, -0.05) is 5.16 Å². The Morgan fingerprint density at radius 1 is 1.56 bits per heavy atom. The molecule has 0 amide bonds. The van der Waals surface area contributed by atoms with Crippen molar-refractivity contribution in [2.75, 3.05) is 26.0 Å². The van der Waals surface area contributed by atoms with Gasteiger partial charge in [0.15, 0.2) is 5.84 Å². The molecule has 0 saturated carbocycles. The number of rotatable bonds is 7. The molecule has 16 heavy (non-hydrogen) atoms. The maximum Gasteiger partial charge on any atom is 0.217 e. The van der Waals surface area contributed by atoms with Gasteiger partial charge in [-0.3, -0.25) is 0 Å². The van der Waals surface area contributed by atoms with Crippen molar-refractivity contribution < 1.29 is 18.4 Å². The molecule has 7 nitrogen and oxygen atoms in total. The molecule has 0 aliphatic carbocycles. The lowest BCUT2D eigenvalue weighted by molar-refractivity contribution is 0.215. The molecule has 0 aromatic heterocycles. The van der Waals surface area contributed by atoms with E-state index in [0.29, 0.717) is 0 Å². The number of nitrogens with zero attached hydrogens (tertiary/aromatic N) is 2. The molecule has 0 aliphatic heterocycles. The summed E-state index contributed by atoms with van der Waals surface area (Å²) in [4.78, 5) is 0. The van der Waals surface area contributed by atoms with Gasteiger partial charge in [-0.25, -0.2) is 8.42 Å². The van der Waals surface area contributed by atoms with Crippen molar-refractivity contribution in [3.8, 4) is 0 Å². The SMILES string of the molecule is COCCS(=O)(=O)N(CC(N)=NO)C(C)C. The lowest BCUT2D eigenvalue weighted by Crippen LogP contribution is -2.44. The summed E-state index contributed by atoms with van der Waals surface area (Å²) < 4.78 is 29.6. The normalized spacial score (nSPS) is 13.7. The van der Waals surface area contributed by atoms with Crippen LogP contribution in [-0.2, 0) is 14.8 Å². The van der Waals surface area contributed by atoms with Crippen molar-refractivity contribution in [3.05, 3.63) is 0 Å². The number of hydrogen-bond donors (Lipinski definition) is 2. The molecule has 0 rings (SSSR count). The van der Waals surface area contributed by atoms with Gasteiger partial charge in [0.2, 0.25) is 10.0 Å². The van der Waals surface area contributed by atoms with E-state index in [0.717, 1.165) is 0 Å². The van der Waals surface area contributed by atoms with Crippen LogP contribution in [0.25, 0.3) is 0 Å². The first-order valence-electron chi connectivity index (χ1n) is 4.80. The number of methoxy groups -OCH3 is 1. The summed E-state index contributed by atoms with van der Waals surface area (Å²) in [6, 6.07) is -0.262. The monoisotopic (exact) mass is 253 g/mol. The number of hydrogen-bond acceptors (Lipinski definition) is 5. The topological polar surface area (TPSA) is 105 Å². The minimum Gasteiger partial charge on any atom is -0.409 e. The largest absolute Gasteiger partial charge is 0.409 e. The number of nitrogens with two attached hydrogens (primary N) is 1. The second-order valence-electron chi connectivity index (χ2n) is 3.54. The fourth-order valence-electron chi connectivity index (χ4n) is 1.10. The van der Waals surface area contributed by atoms with E-state index in [-0.39, 0.29) is 30.8 Å². The van der Waals surface area contributed by atoms with Crippen molar-refractivity contribution in [2.45, 2.75) is 19.9 Å². The molecule has 0 spiro atoms. The number of ether oxygens (including phenoxy) is 1. The summed E-state index contributed by atoms with van der Waals surface area (Å²) in [6.45, 7) is 3.42. The highest BCUT2D eigenvalue weighted by Crippen LogP contribution is 2.07. The Morgan fingerprint density at radius 2 is 2.12 bits per heavy atom.